The SMILES string of the molecule is Cc1nc(NC(C)(C)C)ccc1CNC(C)(C)C. The van der Waals surface area contributed by atoms with Crippen LogP contribution in [0.15, 0.2) is 12.1 Å². The number of hydrogen-bond acceptors (Lipinski definition) is 3. The number of aromatic nitrogens is 1. The van der Waals surface area contributed by atoms with Gasteiger partial charge in [-0.1, -0.05) is 6.07 Å². The van der Waals surface area contributed by atoms with Crippen molar-refractivity contribution in [2.75, 3.05) is 5.32 Å². The Kier molecular flexibility index (Phi) is 4.38. The summed E-state index contributed by atoms with van der Waals surface area (Å²) in [7, 11) is 0. The van der Waals surface area contributed by atoms with Gasteiger partial charge in [0.05, 0.1) is 0 Å². The molecule has 2 N–H and O–H groups in total. The molecule has 0 saturated heterocycles. The molecule has 18 heavy (non-hydrogen) atoms. The van der Waals surface area contributed by atoms with Crippen molar-refractivity contribution in [3.8, 4) is 0 Å². The van der Waals surface area contributed by atoms with Crippen LogP contribution in [-0.2, 0) is 6.54 Å². The van der Waals surface area contributed by atoms with Crippen LogP contribution in [0.25, 0.3) is 0 Å². The molecule has 102 valence electrons. The Labute approximate surface area is 111 Å². The molecule has 0 aliphatic carbocycles. The Hall–Kier alpha value is -1.09. The highest BCUT2D eigenvalue weighted by molar-refractivity contribution is 5.40. The van der Waals surface area contributed by atoms with Crippen LogP contribution in [0.2, 0.25) is 0 Å². The fourth-order valence-electron chi connectivity index (χ4n) is 1.59. The molecule has 0 spiro atoms. The third-order valence-electron chi connectivity index (χ3n) is 2.51. The molecule has 1 aromatic rings. The number of anilines is 1. The van der Waals surface area contributed by atoms with E-state index in [4.69, 9.17) is 0 Å². The summed E-state index contributed by atoms with van der Waals surface area (Å²) >= 11 is 0. The Morgan fingerprint density at radius 3 is 2.06 bits per heavy atom. The maximum absolute atomic E-state index is 4.61. The molecule has 0 amide bonds. The number of pyridine rings is 1. The smallest absolute Gasteiger partial charge is 0.126 e. The van der Waals surface area contributed by atoms with Crippen LogP contribution < -0.4 is 10.6 Å². The van der Waals surface area contributed by atoms with Crippen molar-refractivity contribution in [2.24, 2.45) is 0 Å². The minimum absolute atomic E-state index is 0.0462. The molecule has 0 aromatic carbocycles. The van der Waals surface area contributed by atoms with Gasteiger partial charge in [-0.3, -0.25) is 0 Å². The molecule has 0 aliphatic heterocycles. The van der Waals surface area contributed by atoms with Gasteiger partial charge in [0.25, 0.3) is 0 Å². The molecule has 0 atom stereocenters. The molecule has 0 unspecified atom stereocenters. The summed E-state index contributed by atoms with van der Waals surface area (Å²) in [4.78, 5) is 4.61. The van der Waals surface area contributed by atoms with Gasteiger partial charge in [-0.2, -0.15) is 0 Å². The second kappa shape index (κ2) is 5.27. The summed E-state index contributed by atoms with van der Waals surface area (Å²) < 4.78 is 0. The van der Waals surface area contributed by atoms with Gasteiger partial charge >= 0.3 is 0 Å². The van der Waals surface area contributed by atoms with Gasteiger partial charge in [0.2, 0.25) is 0 Å². The molecule has 3 heteroatoms. The Morgan fingerprint density at radius 2 is 1.61 bits per heavy atom. The minimum atomic E-state index is 0.0462. The lowest BCUT2D eigenvalue weighted by molar-refractivity contribution is 0.423. The number of hydrogen-bond donors (Lipinski definition) is 2. The van der Waals surface area contributed by atoms with Crippen molar-refractivity contribution < 1.29 is 0 Å². The van der Waals surface area contributed by atoms with E-state index in [1.54, 1.807) is 0 Å². The third kappa shape index (κ3) is 5.50. The highest BCUT2D eigenvalue weighted by Gasteiger charge is 2.12. The molecular weight excluding hydrogens is 222 g/mol. The summed E-state index contributed by atoms with van der Waals surface area (Å²) in [5.74, 6) is 0.944. The normalized spacial score (nSPS) is 12.6. The van der Waals surface area contributed by atoms with Crippen molar-refractivity contribution >= 4 is 5.82 Å². The number of nitrogens with zero attached hydrogens (tertiary/aromatic N) is 1. The zero-order valence-electron chi connectivity index (χ0n) is 12.8. The number of rotatable bonds is 3. The average Bonchev–Trinajstić information content (AvgIpc) is 2.12. The van der Waals surface area contributed by atoms with Crippen molar-refractivity contribution in [1.82, 2.24) is 10.3 Å². The van der Waals surface area contributed by atoms with Gasteiger partial charge in [0.1, 0.15) is 5.82 Å². The number of nitrogens with one attached hydrogen (secondary N) is 2. The van der Waals surface area contributed by atoms with Gasteiger partial charge in [0, 0.05) is 23.3 Å². The van der Waals surface area contributed by atoms with Crippen molar-refractivity contribution in [3.05, 3.63) is 23.4 Å². The standard InChI is InChI=1S/C15H27N3/c1-11-12(10-16-14(2,3)4)8-9-13(17-11)18-15(5,6)7/h8-9,16H,10H2,1-7H3,(H,17,18). The quantitative estimate of drug-likeness (QED) is 0.861. The van der Waals surface area contributed by atoms with Gasteiger partial charge in [-0.05, 0) is 60.1 Å². The van der Waals surface area contributed by atoms with Crippen LogP contribution in [0.4, 0.5) is 5.82 Å². The average molecular weight is 249 g/mol. The Balaban J connectivity index is 2.74. The molecule has 1 rings (SSSR count). The van der Waals surface area contributed by atoms with Crippen molar-refractivity contribution in [3.63, 3.8) is 0 Å². The second-order valence-corrected chi connectivity index (χ2v) is 6.92. The summed E-state index contributed by atoms with van der Waals surface area (Å²) in [5.41, 5.74) is 2.52. The van der Waals surface area contributed by atoms with E-state index in [9.17, 15) is 0 Å². The highest BCUT2D eigenvalue weighted by Crippen LogP contribution is 2.15. The van der Waals surface area contributed by atoms with Gasteiger partial charge in [-0.25, -0.2) is 4.98 Å². The summed E-state index contributed by atoms with van der Waals surface area (Å²) in [5, 5.41) is 6.88. The second-order valence-electron chi connectivity index (χ2n) is 6.92. The van der Waals surface area contributed by atoms with Crippen molar-refractivity contribution in [1.29, 1.82) is 0 Å². The van der Waals surface area contributed by atoms with Gasteiger partial charge < -0.3 is 10.6 Å². The molecule has 1 aromatic heterocycles. The van der Waals surface area contributed by atoms with E-state index in [0.29, 0.717) is 0 Å². The Bertz CT molecular complexity index is 397. The van der Waals surface area contributed by atoms with Crippen LogP contribution in [0.3, 0.4) is 0 Å². The van der Waals surface area contributed by atoms with E-state index in [1.165, 1.54) is 5.56 Å². The van der Waals surface area contributed by atoms with Crippen LogP contribution in [0, 0.1) is 6.92 Å². The molecule has 0 saturated carbocycles. The minimum Gasteiger partial charge on any atom is -0.365 e. The van der Waals surface area contributed by atoms with E-state index in [2.05, 4.69) is 76.2 Å². The molecule has 3 nitrogen and oxygen atoms in total. The Morgan fingerprint density at radius 1 is 1.00 bits per heavy atom. The van der Waals surface area contributed by atoms with Crippen LogP contribution >= 0.6 is 0 Å². The van der Waals surface area contributed by atoms with E-state index >= 15 is 0 Å². The largest absolute Gasteiger partial charge is 0.365 e. The lowest BCUT2D eigenvalue weighted by Gasteiger charge is -2.23. The van der Waals surface area contributed by atoms with Gasteiger partial charge in [0.15, 0.2) is 0 Å². The maximum atomic E-state index is 4.61. The molecule has 0 fully saturated rings. The first-order valence-corrected chi connectivity index (χ1v) is 6.57. The maximum Gasteiger partial charge on any atom is 0.126 e. The van der Waals surface area contributed by atoms with E-state index in [0.717, 1.165) is 18.1 Å². The predicted molar refractivity (Wildman–Crippen MR) is 78.9 cm³/mol. The van der Waals surface area contributed by atoms with E-state index < -0.39 is 0 Å². The molecular formula is C15H27N3. The first-order chi connectivity index (χ1) is 8.07. The molecule has 1 heterocycles. The lowest BCUT2D eigenvalue weighted by Crippen LogP contribution is -2.35. The van der Waals surface area contributed by atoms with Crippen LogP contribution in [-0.4, -0.2) is 16.1 Å². The lowest BCUT2D eigenvalue weighted by atomic mass is 10.1. The molecule has 0 aliphatic rings. The fourth-order valence-corrected chi connectivity index (χ4v) is 1.59. The zero-order chi connectivity index (χ0) is 14.0. The van der Waals surface area contributed by atoms with E-state index in [-0.39, 0.29) is 11.1 Å². The van der Waals surface area contributed by atoms with E-state index in [1.807, 2.05) is 0 Å². The first kappa shape index (κ1) is 15.0. The molecule has 0 bridgehead atoms. The number of aryl methyl sites for hydroxylation is 1. The monoisotopic (exact) mass is 249 g/mol. The summed E-state index contributed by atoms with van der Waals surface area (Å²) in [6, 6.07) is 4.20. The van der Waals surface area contributed by atoms with Gasteiger partial charge in [-0.15, -0.1) is 0 Å². The highest BCUT2D eigenvalue weighted by atomic mass is 15.0. The first-order valence-electron chi connectivity index (χ1n) is 6.57. The molecule has 0 radical (unpaired) electrons. The third-order valence-corrected chi connectivity index (χ3v) is 2.51. The van der Waals surface area contributed by atoms with Crippen LogP contribution in [0.5, 0.6) is 0 Å². The topological polar surface area (TPSA) is 37.0 Å². The summed E-state index contributed by atoms with van der Waals surface area (Å²) in [6.07, 6.45) is 0. The zero-order valence-corrected chi connectivity index (χ0v) is 12.8. The fraction of sp³-hybridized carbons (Fsp3) is 0.667. The van der Waals surface area contributed by atoms with Crippen LogP contribution in [0.1, 0.15) is 52.8 Å². The summed E-state index contributed by atoms with van der Waals surface area (Å²) in [6.45, 7) is 15.9. The predicted octanol–water partition coefficient (Wildman–Crippen LogP) is 3.49. The van der Waals surface area contributed by atoms with Crippen molar-refractivity contribution in [2.45, 2.75) is 66.1 Å².